The molecule has 1 aromatic rings. The third kappa shape index (κ3) is 1.90. The Morgan fingerprint density at radius 2 is 1.95 bits per heavy atom. The molecule has 0 N–H and O–H groups in total. The van der Waals surface area contributed by atoms with Crippen LogP contribution >= 0.6 is 0 Å². The average molecular weight is 289 g/mol. The molecular weight excluding hydrogens is 266 g/mol. The van der Waals surface area contributed by atoms with Crippen molar-refractivity contribution in [3.05, 3.63) is 11.8 Å². The number of hydrogen-bond donors (Lipinski definition) is 0. The zero-order valence-corrected chi connectivity index (χ0v) is 12.5. The lowest BCUT2D eigenvalue weighted by Gasteiger charge is -2.26. The number of rotatable bonds is 3. The standard InChI is InChI=1S/C16H23N3O2/c1-2-4-13(3-1)19-7-12-8-20-10-16(12,9-19)15-18-17-14(21-15)11-5-6-11/h11-13H,1-10H2/t12-,16-/m0/s1. The largest absolute Gasteiger partial charge is 0.424 e. The molecule has 3 heterocycles. The van der Waals surface area contributed by atoms with Crippen LogP contribution in [0, 0.1) is 5.92 Å². The maximum atomic E-state index is 6.08. The molecule has 21 heavy (non-hydrogen) atoms. The van der Waals surface area contributed by atoms with Crippen LogP contribution in [0.5, 0.6) is 0 Å². The van der Waals surface area contributed by atoms with E-state index in [4.69, 9.17) is 9.15 Å². The van der Waals surface area contributed by atoms with Gasteiger partial charge in [-0.05, 0) is 25.7 Å². The number of likely N-dealkylation sites (tertiary alicyclic amines) is 1. The summed E-state index contributed by atoms with van der Waals surface area (Å²) in [6, 6.07) is 0.776. The van der Waals surface area contributed by atoms with Gasteiger partial charge >= 0.3 is 0 Å². The van der Waals surface area contributed by atoms with Crippen LogP contribution < -0.4 is 0 Å². The summed E-state index contributed by atoms with van der Waals surface area (Å²) in [7, 11) is 0. The van der Waals surface area contributed by atoms with E-state index >= 15 is 0 Å². The van der Waals surface area contributed by atoms with E-state index < -0.39 is 0 Å². The molecule has 0 aromatic carbocycles. The maximum absolute atomic E-state index is 6.08. The van der Waals surface area contributed by atoms with Gasteiger partial charge in [0.15, 0.2) is 0 Å². The van der Waals surface area contributed by atoms with Gasteiger partial charge in [-0.2, -0.15) is 0 Å². The number of hydrogen-bond acceptors (Lipinski definition) is 5. The molecule has 0 unspecified atom stereocenters. The molecule has 0 radical (unpaired) electrons. The number of aromatic nitrogens is 2. The number of fused-ring (bicyclic) bond motifs is 1. The highest BCUT2D eigenvalue weighted by molar-refractivity contribution is 5.18. The van der Waals surface area contributed by atoms with E-state index in [2.05, 4.69) is 15.1 Å². The Bertz CT molecular complexity index is 535. The Morgan fingerprint density at radius 3 is 2.76 bits per heavy atom. The SMILES string of the molecule is C1CCC(N2C[C@H]3COC[C@@]3(c3nnc(C4CC4)o3)C2)C1. The van der Waals surface area contributed by atoms with Crippen LogP contribution in [0.4, 0.5) is 0 Å². The van der Waals surface area contributed by atoms with Gasteiger partial charge in [0.1, 0.15) is 0 Å². The lowest BCUT2D eigenvalue weighted by Crippen LogP contribution is -2.38. The van der Waals surface area contributed by atoms with Crippen LogP contribution in [0.25, 0.3) is 0 Å². The van der Waals surface area contributed by atoms with Crippen LogP contribution in [0.3, 0.4) is 0 Å². The van der Waals surface area contributed by atoms with Gasteiger partial charge in [-0.15, -0.1) is 10.2 Å². The molecule has 2 saturated carbocycles. The average Bonchev–Trinajstić information content (AvgIpc) is 2.97. The number of ether oxygens (including phenoxy) is 1. The molecule has 0 bridgehead atoms. The Balaban J connectivity index is 1.43. The van der Waals surface area contributed by atoms with Gasteiger partial charge in [0.05, 0.1) is 18.6 Å². The van der Waals surface area contributed by atoms with Gasteiger partial charge in [-0.1, -0.05) is 12.8 Å². The first-order chi connectivity index (χ1) is 10.4. The van der Waals surface area contributed by atoms with E-state index in [1.165, 1.54) is 38.5 Å². The summed E-state index contributed by atoms with van der Waals surface area (Å²) in [5.74, 6) is 2.79. The molecule has 2 aliphatic carbocycles. The van der Waals surface area contributed by atoms with Crippen molar-refractivity contribution < 1.29 is 9.15 Å². The first kappa shape index (κ1) is 12.6. The van der Waals surface area contributed by atoms with E-state index in [1.54, 1.807) is 0 Å². The maximum Gasteiger partial charge on any atom is 0.226 e. The molecule has 5 heteroatoms. The highest BCUT2D eigenvalue weighted by Crippen LogP contribution is 2.47. The van der Waals surface area contributed by atoms with Gasteiger partial charge in [-0.3, -0.25) is 4.90 Å². The van der Waals surface area contributed by atoms with E-state index in [1.807, 2.05) is 0 Å². The quantitative estimate of drug-likeness (QED) is 0.853. The minimum Gasteiger partial charge on any atom is -0.424 e. The second-order valence-electron chi connectivity index (χ2n) is 7.46. The van der Waals surface area contributed by atoms with Gasteiger partial charge < -0.3 is 9.15 Å². The molecule has 5 nitrogen and oxygen atoms in total. The van der Waals surface area contributed by atoms with Gasteiger partial charge in [0.25, 0.3) is 0 Å². The topological polar surface area (TPSA) is 51.4 Å². The fraction of sp³-hybridized carbons (Fsp3) is 0.875. The van der Waals surface area contributed by atoms with Gasteiger partial charge in [0, 0.05) is 31.0 Å². The Hall–Kier alpha value is -0.940. The summed E-state index contributed by atoms with van der Waals surface area (Å²) in [6.07, 6.45) is 7.93. The smallest absolute Gasteiger partial charge is 0.226 e. The zero-order valence-electron chi connectivity index (χ0n) is 12.5. The van der Waals surface area contributed by atoms with Crippen LogP contribution in [0.1, 0.15) is 56.2 Å². The predicted octanol–water partition coefficient (Wildman–Crippen LogP) is 2.09. The van der Waals surface area contributed by atoms with Crippen molar-refractivity contribution in [1.82, 2.24) is 15.1 Å². The molecular formula is C16H23N3O2. The highest BCUT2D eigenvalue weighted by Gasteiger charge is 2.56. The molecule has 0 spiro atoms. The summed E-state index contributed by atoms with van der Waals surface area (Å²) in [5, 5.41) is 8.74. The minimum absolute atomic E-state index is 0.0251. The van der Waals surface area contributed by atoms with Crippen molar-refractivity contribution >= 4 is 0 Å². The van der Waals surface area contributed by atoms with Crippen LogP contribution in [-0.2, 0) is 10.2 Å². The van der Waals surface area contributed by atoms with E-state index in [0.29, 0.717) is 11.8 Å². The monoisotopic (exact) mass is 289 g/mol. The van der Waals surface area contributed by atoms with Gasteiger partial charge in [-0.25, -0.2) is 0 Å². The van der Waals surface area contributed by atoms with Crippen molar-refractivity contribution in [3.8, 4) is 0 Å². The first-order valence-electron chi connectivity index (χ1n) is 8.51. The van der Waals surface area contributed by atoms with Gasteiger partial charge in [0.2, 0.25) is 11.8 Å². The molecule has 2 saturated heterocycles. The highest BCUT2D eigenvalue weighted by atomic mass is 16.5. The summed E-state index contributed by atoms with van der Waals surface area (Å²) in [5.41, 5.74) is -0.0251. The van der Waals surface area contributed by atoms with Crippen molar-refractivity contribution in [1.29, 1.82) is 0 Å². The molecule has 4 fully saturated rings. The van der Waals surface area contributed by atoms with E-state index in [0.717, 1.165) is 44.1 Å². The lowest BCUT2D eigenvalue weighted by molar-refractivity contribution is 0.127. The fourth-order valence-electron chi connectivity index (χ4n) is 4.56. The van der Waals surface area contributed by atoms with Crippen LogP contribution in [-0.4, -0.2) is 47.4 Å². The Morgan fingerprint density at radius 1 is 1.10 bits per heavy atom. The van der Waals surface area contributed by atoms with Crippen LogP contribution in [0.2, 0.25) is 0 Å². The first-order valence-corrected chi connectivity index (χ1v) is 8.51. The summed E-state index contributed by atoms with van der Waals surface area (Å²) in [4.78, 5) is 2.68. The van der Waals surface area contributed by atoms with Crippen molar-refractivity contribution in [2.45, 2.75) is 55.9 Å². The molecule has 1 aromatic heterocycles. The molecule has 2 atom stereocenters. The zero-order chi connectivity index (χ0) is 13.9. The third-order valence-electron chi connectivity index (χ3n) is 6.03. The second-order valence-corrected chi connectivity index (χ2v) is 7.46. The normalized spacial score (nSPS) is 37.4. The molecule has 114 valence electrons. The predicted molar refractivity (Wildman–Crippen MR) is 76.1 cm³/mol. The van der Waals surface area contributed by atoms with Crippen molar-refractivity contribution in [2.75, 3.05) is 26.3 Å². The number of nitrogens with zero attached hydrogens (tertiary/aromatic N) is 3. The molecule has 2 aliphatic heterocycles. The summed E-state index contributed by atoms with van der Waals surface area (Å²) >= 11 is 0. The third-order valence-corrected chi connectivity index (χ3v) is 6.03. The van der Waals surface area contributed by atoms with E-state index in [9.17, 15) is 0 Å². The van der Waals surface area contributed by atoms with Crippen molar-refractivity contribution in [3.63, 3.8) is 0 Å². The Labute approximate surface area is 125 Å². The molecule has 4 aliphatic rings. The van der Waals surface area contributed by atoms with E-state index in [-0.39, 0.29) is 5.41 Å². The molecule has 0 amide bonds. The summed E-state index contributed by atoms with van der Waals surface area (Å²) in [6.45, 7) is 3.80. The summed E-state index contributed by atoms with van der Waals surface area (Å²) < 4.78 is 11.9. The van der Waals surface area contributed by atoms with Crippen LogP contribution in [0.15, 0.2) is 4.42 Å². The Kier molecular flexibility index (Phi) is 2.71. The lowest BCUT2D eigenvalue weighted by atomic mass is 9.81. The molecule has 5 rings (SSSR count). The van der Waals surface area contributed by atoms with Crippen molar-refractivity contribution in [2.24, 2.45) is 5.92 Å². The fourth-order valence-corrected chi connectivity index (χ4v) is 4.56. The minimum atomic E-state index is -0.0251. The second kappa shape index (κ2) is 4.53.